The molecular formula is C35H36ClNO4S. The molecule has 7 heteroatoms. The van der Waals surface area contributed by atoms with Crippen LogP contribution in [0.3, 0.4) is 0 Å². The Balaban J connectivity index is 1.38. The molecule has 1 unspecified atom stereocenters. The van der Waals surface area contributed by atoms with E-state index in [9.17, 15) is 20.1 Å². The Morgan fingerprint density at radius 3 is 2.55 bits per heavy atom. The van der Waals surface area contributed by atoms with E-state index in [1.54, 1.807) is 25.6 Å². The number of hydrogen-bond donors (Lipinski definition) is 3. The van der Waals surface area contributed by atoms with Gasteiger partial charge in [-0.25, -0.2) is 9.78 Å². The lowest BCUT2D eigenvalue weighted by atomic mass is 9.90. The van der Waals surface area contributed by atoms with E-state index >= 15 is 0 Å². The van der Waals surface area contributed by atoms with Crippen LogP contribution in [0.5, 0.6) is 0 Å². The lowest BCUT2D eigenvalue weighted by Crippen LogP contribution is -2.32. The average Bonchev–Trinajstić information content (AvgIpc) is 3.76. The maximum absolute atomic E-state index is 11.6. The normalized spacial score (nSPS) is 16.0. The molecule has 0 radical (unpaired) electrons. The summed E-state index contributed by atoms with van der Waals surface area (Å²) < 4.78 is 0. The maximum atomic E-state index is 11.6. The highest BCUT2D eigenvalue weighted by atomic mass is 35.5. The van der Waals surface area contributed by atoms with E-state index in [0.717, 1.165) is 51.7 Å². The van der Waals surface area contributed by atoms with Gasteiger partial charge in [0.15, 0.2) is 6.10 Å². The Kier molecular flexibility index (Phi) is 9.09. The number of carbonyl (C=O) groups is 1. The van der Waals surface area contributed by atoms with Crippen LogP contribution in [0, 0.1) is 5.41 Å². The van der Waals surface area contributed by atoms with Gasteiger partial charge in [-0.1, -0.05) is 78.3 Å². The van der Waals surface area contributed by atoms with Crippen LogP contribution in [-0.4, -0.2) is 38.1 Å². The molecular weight excluding hydrogens is 566 g/mol. The number of fused-ring (bicyclic) bond motifs is 1. The fourth-order valence-electron chi connectivity index (χ4n) is 5.40. The van der Waals surface area contributed by atoms with Gasteiger partial charge in [-0.3, -0.25) is 0 Å². The van der Waals surface area contributed by atoms with Crippen molar-refractivity contribution in [1.29, 1.82) is 0 Å². The molecule has 1 heterocycles. The molecule has 1 saturated carbocycles. The molecule has 3 aromatic carbocycles. The van der Waals surface area contributed by atoms with Crippen molar-refractivity contribution in [2.75, 3.05) is 5.75 Å². The highest BCUT2D eigenvalue weighted by Gasteiger charge is 2.52. The number of aliphatic hydroxyl groups excluding tert-OH is 1. The summed E-state index contributed by atoms with van der Waals surface area (Å²) in [6.07, 6.45) is 5.68. The topological polar surface area (TPSA) is 90.7 Å². The molecule has 3 N–H and O–H groups in total. The third kappa shape index (κ3) is 7.24. The summed E-state index contributed by atoms with van der Waals surface area (Å²) in [4.78, 5) is 16.3. The third-order valence-electron chi connectivity index (χ3n) is 8.04. The number of carboxylic acids is 1. The van der Waals surface area contributed by atoms with Crippen LogP contribution in [0.2, 0.25) is 5.02 Å². The third-order valence-corrected chi connectivity index (χ3v) is 9.92. The predicted octanol–water partition coefficient (Wildman–Crippen LogP) is 7.92. The molecule has 218 valence electrons. The summed E-state index contributed by atoms with van der Waals surface area (Å²) in [5.74, 6) is -0.581. The van der Waals surface area contributed by atoms with E-state index in [4.69, 9.17) is 16.6 Å². The van der Waals surface area contributed by atoms with Crippen LogP contribution in [-0.2, 0) is 16.8 Å². The van der Waals surface area contributed by atoms with Gasteiger partial charge in [0.1, 0.15) is 0 Å². The van der Waals surface area contributed by atoms with Crippen molar-refractivity contribution < 1.29 is 20.1 Å². The Bertz CT molecular complexity index is 1610. The molecule has 0 amide bonds. The van der Waals surface area contributed by atoms with Crippen molar-refractivity contribution in [2.45, 2.75) is 56.5 Å². The van der Waals surface area contributed by atoms with Crippen molar-refractivity contribution >= 4 is 52.4 Å². The van der Waals surface area contributed by atoms with E-state index in [-0.39, 0.29) is 5.25 Å². The lowest BCUT2D eigenvalue weighted by molar-refractivity contribution is -0.150. The Hall–Kier alpha value is -3.16. The number of aliphatic carboxylic acids is 1. The second kappa shape index (κ2) is 12.6. The second-order valence-electron chi connectivity index (χ2n) is 11.7. The van der Waals surface area contributed by atoms with Crippen molar-refractivity contribution in [3.63, 3.8) is 0 Å². The summed E-state index contributed by atoms with van der Waals surface area (Å²) >= 11 is 7.88. The SMILES string of the molecule is CC(C)(O)c1ccccc1CC[C@@H](SCC1(C(O)C(=O)O)CC1)c1cccc(C=Cc2ccc3ccc(Cl)cc3n2)c1. The number of aryl methyl sites for hydroxylation is 1. The minimum atomic E-state index is -1.35. The van der Waals surface area contributed by atoms with E-state index in [2.05, 4.69) is 24.3 Å². The van der Waals surface area contributed by atoms with Crippen LogP contribution in [0.1, 0.15) is 66.3 Å². The quantitative estimate of drug-likeness (QED) is 0.153. The zero-order chi connectivity index (χ0) is 29.9. The van der Waals surface area contributed by atoms with Gasteiger partial charge < -0.3 is 15.3 Å². The summed E-state index contributed by atoms with van der Waals surface area (Å²) in [6.45, 7) is 3.61. The van der Waals surface area contributed by atoms with E-state index < -0.39 is 23.1 Å². The van der Waals surface area contributed by atoms with E-state index in [1.165, 1.54) is 0 Å². The monoisotopic (exact) mass is 601 g/mol. The molecule has 5 rings (SSSR count). The first-order chi connectivity index (χ1) is 20.0. The standard InChI is InChI=1S/C35H36ClNO4S/c1-34(2,41)29-9-4-3-7-24(29)13-17-31(42-22-35(18-19-35)32(38)33(39)40)26-8-5-6-23(20-26)10-15-28-16-12-25-11-14-27(36)21-30(25)37-28/h3-12,14-16,20-21,31-32,38,41H,13,17-19,22H2,1-2H3,(H,39,40)/t31-,32?/m1/s1. The fraction of sp³-hybridized carbons (Fsp3) is 0.314. The molecule has 4 aromatic rings. The zero-order valence-corrected chi connectivity index (χ0v) is 25.4. The van der Waals surface area contributed by atoms with Gasteiger partial charge in [0, 0.05) is 26.8 Å². The van der Waals surface area contributed by atoms with Gasteiger partial charge in [-0.05, 0) is 86.1 Å². The number of halogens is 1. The molecule has 0 saturated heterocycles. The minimum absolute atomic E-state index is 0.0765. The average molecular weight is 602 g/mol. The molecule has 0 spiro atoms. The largest absolute Gasteiger partial charge is 0.479 e. The Morgan fingerprint density at radius 2 is 1.81 bits per heavy atom. The first-order valence-corrected chi connectivity index (χ1v) is 15.6. The molecule has 42 heavy (non-hydrogen) atoms. The minimum Gasteiger partial charge on any atom is -0.479 e. The number of aromatic nitrogens is 1. The van der Waals surface area contributed by atoms with Gasteiger partial charge in [0.05, 0.1) is 16.8 Å². The van der Waals surface area contributed by atoms with Gasteiger partial charge >= 0.3 is 5.97 Å². The Labute approximate surface area is 256 Å². The van der Waals surface area contributed by atoms with Crippen LogP contribution < -0.4 is 0 Å². The van der Waals surface area contributed by atoms with Crippen LogP contribution in [0.4, 0.5) is 0 Å². The molecule has 5 nitrogen and oxygen atoms in total. The molecule has 2 atom stereocenters. The molecule has 1 aliphatic rings. The van der Waals surface area contributed by atoms with Gasteiger partial charge in [0.2, 0.25) is 0 Å². The van der Waals surface area contributed by atoms with Crippen molar-refractivity contribution in [3.05, 3.63) is 112 Å². The number of aliphatic hydroxyl groups is 2. The van der Waals surface area contributed by atoms with E-state index in [1.807, 2.05) is 66.7 Å². The highest BCUT2D eigenvalue weighted by molar-refractivity contribution is 7.99. The van der Waals surface area contributed by atoms with Crippen LogP contribution in [0.15, 0.2) is 78.9 Å². The summed E-state index contributed by atoms with van der Waals surface area (Å²) in [5.41, 5.74) is 4.35. The molecule has 0 bridgehead atoms. The Morgan fingerprint density at radius 1 is 1.05 bits per heavy atom. The smallest absolute Gasteiger partial charge is 0.333 e. The number of carboxylic acid groups (broad SMARTS) is 1. The second-order valence-corrected chi connectivity index (χ2v) is 13.4. The van der Waals surface area contributed by atoms with Gasteiger partial charge in [0.25, 0.3) is 0 Å². The number of thioether (sulfide) groups is 1. The zero-order valence-electron chi connectivity index (χ0n) is 23.8. The molecule has 0 aliphatic heterocycles. The van der Waals surface area contributed by atoms with Crippen LogP contribution >= 0.6 is 23.4 Å². The predicted molar refractivity (Wildman–Crippen MR) is 173 cm³/mol. The summed E-state index contributed by atoms with van der Waals surface area (Å²) in [5, 5.41) is 32.3. The molecule has 1 aromatic heterocycles. The van der Waals surface area contributed by atoms with Gasteiger partial charge in [-0.15, -0.1) is 0 Å². The van der Waals surface area contributed by atoms with E-state index in [0.29, 0.717) is 23.6 Å². The first-order valence-electron chi connectivity index (χ1n) is 14.2. The van der Waals surface area contributed by atoms with Crippen molar-refractivity contribution in [1.82, 2.24) is 4.98 Å². The van der Waals surface area contributed by atoms with Crippen molar-refractivity contribution in [3.8, 4) is 0 Å². The summed E-state index contributed by atoms with van der Waals surface area (Å²) in [7, 11) is 0. The van der Waals surface area contributed by atoms with Crippen molar-refractivity contribution in [2.24, 2.45) is 5.41 Å². The number of pyridine rings is 1. The number of rotatable bonds is 12. The fourth-order valence-corrected chi connectivity index (χ4v) is 7.17. The number of hydrogen-bond acceptors (Lipinski definition) is 5. The number of nitrogens with zero attached hydrogens (tertiary/aromatic N) is 1. The summed E-state index contributed by atoms with van der Waals surface area (Å²) in [6, 6.07) is 26.1. The van der Waals surface area contributed by atoms with Crippen LogP contribution in [0.25, 0.3) is 23.1 Å². The molecule has 1 aliphatic carbocycles. The maximum Gasteiger partial charge on any atom is 0.333 e. The lowest BCUT2D eigenvalue weighted by Gasteiger charge is -2.25. The highest BCUT2D eigenvalue weighted by Crippen LogP contribution is 2.53. The van der Waals surface area contributed by atoms with Gasteiger partial charge in [-0.2, -0.15) is 11.8 Å². The number of benzene rings is 3. The molecule has 1 fully saturated rings. The first kappa shape index (κ1) is 30.3.